The van der Waals surface area contributed by atoms with Crippen molar-refractivity contribution >= 4 is 11.0 Å². The maximum Gasteiger partial charge on any atom is 0.176 e. The molecule has 19 heavy (non-hydrogen) atoms. The summed E-state index contributed by atoms with van der Waals surface area (Å²) in [5, 5.41) is 4.63. The number of fused-ring (bicyclic) bond motifs is 3. The molecule has 0 atom stereocenters. The third kappa shape index (κ3) is 2.02. The van der Waals surface area contributed by atoms with Gasteiger partial charge in [-0.1, -0.05) is 12.1 Å². The summed E-state index contributed by atoms with van der Waals surface area (Å²) in [7, 11) is 0. The number of benzene rings is 1. The fraction of sp³-hybridized carbons (Fsp3) is 0.500. The minimum atomic E-state index is -0.115. The van der Waals surface area contributed by atoms with Crippen molar-refractivity contribution in [3.8, 4) is 5.75 Å². The third-order valence-electron chi connectivity index (χ3n) is 3.91. The van der Waals surface area contributed by atoms with Gasteiger partial charge in [-0.05, 0) is 32.8 Å². The maximum atomic E-state index is 6.04. The lowest BCUT2D eigenvalue weighted by Gasteiger charge is -2.16. The molecule has 1 aromatic carbocycles. The second kappa shape index (κ2) is 3.76. The molecule has 0 spiro atoms. The van der Waals surface area contributed by atoms with E-state index in [1.807, 2.05) is 0 Å². The van der Waals surface area contributed by atoms with Crippen molar-refractivity contribution in [2.24, 2.45) is 0 Å². The zero-order valence-corrected chi connectivity index (χ0v) is 11.5. The van der Waals surface area contributed by atoms with Gasteiger partial charge in [0.1, 0.15) is 11.4 Å². The van der Waals surface area contributed by atoms with Crippen molar-refractivity contribution in [2.45, 2.75) is 51.3 Å². The molecule has 2 aliphatic rings. The molecule has 4 rings (SSSR count). The summed E-state index contributed by atoms with van der Waals surface area (Å²) in [6, 6.07) is 7.14. The van der Waals surface area contributed by atoms with Crippen LogP contribution in [-0.4, -0.2) is 11.6 Å². The van der Waals surface area contributed by atoms with E-state index >= 15 is 0 Å². The number of rotatable bonds is 3. The first kappa shape index (κ1) is 11.4. The van der Waals surface area contributed by atoms with Crippen LogP contribution >= 0.6 is 0 Å². The molecule has 100 valence electrons. The molecule has 1 aromatic heterocycles. The van der Waals surface area contributed by atoms with Crippen LogP contribution in [0.4, 0.5) is 0 Å². The Morgan fingerprint density at radius 1 is 1.32 bits per heavy atom. The van der Waals surface area contributed by atoms with Gasteiger partial charge >= 0.3 is 0 Å². The lowest BCUT2D eigenvalue weighted by molar-refractivity contribution is 0.138. The summed E-state index contributed by atoms with van der Waals surface area (Å²) < 4.78 is 12.0. The van der Waals surface area contributed by atoms with Crippen LogP contribution in [0.1, 0.15) is 38.0 Å². The van der Waals surface area contributed by atoms with Crippen LogP contribution in [0.5, 0.6) is 5.75 Å². The van der Waals surface area contributed by atoms with Crippen molar-refractivity contribution in [1.82, 2.24) is 5.32 Å². The van der Waals surface area contributed by atoms with Gasteiger partial charge in [0.05, 0.1) is 6.54 Å². The van der Waals surface area contributed by atoms with Crippen molar-refractivity contribution < 1.29 is 9.15 Å². The monoisotopic (exact) mass is 257 g/mol. The number of hydrogen-bond donors (Lipinski definition) is 1. The Hall–Kier alpha value is -1.48. The lowest BCUT2D eigenvalue weighted by Crippen LogP contribution is -2.24. The Kier molecular flexibility index (Phi) is 2.25. The largest absolute Gasteiger partial charge is 0.483 e. The smallest absolute Gasteiger partial charge is 0.176 e. The molecule has 2 aromatic rings. The molecule has 1 aliphatic carbocycles. The molecule has 0 unspecified atom stereocenters. The van der Waals surface area contributed by atoms with Gasteiger partial charge in [0.25, 0.3) is 0 Å². The molecular weight excluding hydrogens is 238 g/mol. The van der Waals surface area contributed by atoms with Crippen LogP contribution in [-0.2, 0) is 13.0 Å². The normalized spacial score (nSPS) is 20.5. The highest BCUT2D eigenvalue weighted by molar-refractivity contribution is 5.85. The highest BCUT2D eigenvalue weighted by Gasteiger charge is 2.32. The van der Waals surface area contributed by atoms with Crippen LogP contribution in [0.15, 0.2) is 22.6 Å². The van der Waals surface area contributed by atoms with E-state index in [0.717, 1.165) is 35.4 Å². The molecule has 1 fully saturated rings. The van der Waals surface area contributed by atoms with Gasteiger partial charge < -0.3 is 14.5 Å². The van der Waals surface area contributed by atoms with Crippen LogP contribution < -0.4 is 10.1 Å². The highest BCUT2D eigenvalue weighted by Crippen LogP contribution is 2.41. The summed E-state index contributed by atoms with van der Waals surface area (Å²) in [5.41, 5.74) is 2.06. The van der Waals surface area contributed by atoms with Crippen LogP contribution in [0.3, 0.4) is 0 Å². The standard InChI is InChI=1S/C16H19NO2/c1-16(2)8-11-4-3-10-7-13(9-17-12-5-6-12)18-14(10)15(11)19-16/h3-4,7,12,17H,5-6,8-9H2,1-2H3. The molecule has 0 saturated heterocycles. The molecule has 2 heterocycles. The molecule has 0 amide bonds. The Bertz CT molecular complexity index is 637. The summed E-state index contributed by atoms with van der Waals surface area (Å²) >= 11 is 0. The van der Waals surface area contributed by atoms with Crippen LogP contribution in [0.25, 0.3) is 11.0 Å². The Morgan fingerprint density at radius 3 is 2.95 bits per heavy atom. The van der Waals surface area contributed by atoms with Gasteiger partial charge in [-0.15, -0.1) is 0 Å². The van der Waals surface area contributed by atoms with Gasteiger partial charge in [-0.25, -0.2) is 0 Å². The Labute approximate surface area is 112 Å². The number of nitrogens with one attached hydrogen (secondary N) is 1. The fourth-order valence-corrected chi connectivity index (χ4v) is 2.81. The van der Waals surface area contributed by atoms with Gasteiger partial charge in [-0.2, -0.15) is 0 Å². The Morgan fingerprint density at radius 2 is 2.16 bits per heavy atom. The number of hydrogen-bond acceptors (Lipinski definition) is 3. The predicted octanol–water partition coefficient (Wildman–Crippen LogP) is 3.40. The first-order valence-electron chi connectivity index (χ1n) is 7.07. The highest BCUT2D eigenvalue weighted by atomic mass is 16.5. The Balaban J connectivity index is 1.69. The second-order valence-corrected chi connectivity index (χ2v) is 6.38. The van der Waals surface area contributed by atoms with E-state index in [9.17, 15) is 0 Å². The van der Waals surface area contributed by atoms with Gasteiger partial charge in [-0.3, -0.25) is 0 Å². The zero-order valence-electron chi connectivity index (χ0n) is 11.5. The molecule has 3 heteroatoms. The number of furan rings is 1. The fourth-order valence-electron chi connectivity index (χ4n) is 2.81. The average molecular weight is 257 g/mol. The van der Waals surface area contributed by atoms with E-state index in [1.54, 1.807) is 0 Å². The quantitative estimate of drug-likeness (QED) is 0.915. The molecular formula is C16H19NO2. The molecule has 1 N–H and O–H groups in total. The molecule has 1 aliphatic heterocycles. The van der Waals surface area contributed by atoms with Crippen LogP contribution in [0.2, 0.25) is 0 Å². The molecule has 0 bridgehead atoms. The van der Waals surface area contributed by atoms with Gasteiger partial charge in [0, 0.05) is 23.4 Å². The van der Waals surface area contributed by atoms with Crippen molar-refractivity contribution in [1.29, 1.82) is 0 Å². The second-order valence-electron chi connectivity index (χ2n) is 6.38. The van der Waals surface area contributed by atoms with Gasteiger partial charge in [0.15, 0.2) is 11.3 Å². The first-order chi connectivity index (χ1) is 9.11. The number of ether oxygens (including phenoxy) is 1. The maximum absolute atomic E-state index is 6.04. The third-order valence-corrected chi connectivity index (χ3v) is 3.91. The van der Waals surface area contributed by atoms with E-state index in [1.165, 1.54) is 18.4 Å². The van der Waals surface area contributed by atoms with Gasteiger partial charge in [0.2, 0.25) is 0 Å². The van der Waals surface area contributed by atoms with E-state index < -0.39 is 0 Å². The van der Waals surface area contributed by atoms with Crippen molar-refractivity contribution in [2.75, 3.05) is 0 Å². The summed E-state index contributed by atoms with van der Waals surface area (Å²) in [4.78, 5) is 0. The summed E-state index contributed by atoms with van der Waals surface area (Å²) in [6.07, 6.45) is 3.55. The van der Waals surface area contributed by atoms with Crippen molar-refractivity contribution in [3.63, 3.8) is 0 Å². The first-order valence-corrected chi connectivity index (χ1v) is 7.07. The molecule has 1 saturated carbocycles. The average Bonchev–Trinajstić information content (AvgIpc) is 2.99. The molecule has 0 radical (unpaired) electrons. The molecule has 3 nitrogen and oxygen atoms in total. The van der Waals surface area contributed by atoms with E-state index in [4.69, 9.17) is 9.15 Å². The van der Waals surface area contributed by atoms with Crippen molar-refractivity contribution in [3.05, 3.63) is 29.5 Å². The minimum Gasteiger partial charge on any atom is -0.483 e. The minimum absolute atomic E-state index is 0.115. The van der Waals surface area contributed by atoms with E-state index in [2.05, 4.69) is 37.4 Å². The van der Waals surface area contributed by atoms with E-state index in [0.29, 0.717) is 6.04 Å². The summed E-state index contributed by atoms with van der Waals surface area (Å²) in [6.45, 7) is 5.06. The van der Waals surface area contributed by atoms with E-state index in [-0.39, 0.29) is 5.60 Å². The topological polar surface area (TPSA) is 34.4 Å². The van der Waals surface area contributed by atoms with Crippen LogP contribution in [0, 0.1) is 0 Å². The predicted molar refractivity (Wildman–Crippen MR) is 74.5 cm³/mol. The summed E-state index contributed by atoms with van der Waals surface area (Å²) in [5.74, 6) is 1.95. The SMILES string of the molecule is CC1(C)Cc2ccc3cc(CNC4CC4)oc3c2O1. The lowest BCUT2D eigenvalue weighted by atomic mass is 10.0. The zero-order chi connectivity index (χ0) is 13.0.